The zero-order chi connectivity index (χ0) is 119. The molecule has 0 saturated heterocycles. The fraction of sp³-hybridized carbons (Fsp3) is 0.874. The summed E-state index contributed by atoms with van der Waals surface area (Å²) in [5.41, 5.74) is 7.20. The Bertz CT molecular complexity index is 3820. The molecule has 0 aromatic carbocycles. The van der Waals surface area contributed by atoms with Crippen LogP contribution in [0.3, 0.4) is 0 Å². The molecule has 1 aromatic rings. The third-order valence-corrected chi connectivity index (χ3v) is 21.8. The lowest BCUT2D eigenvalue weighted by atomic mass is 9.81. The first-order chi connectivity index (χ1) is 64.8. The topological polar surface area (TPSA) is 320 Å². The van der Waals surface area contributed by atoms with E-state index in [0.717, 1.165) is 109 Å². The molecule has 0 aliphatic heterocycles. The van der Waals surface area contributed by atoms with E-state index in [4.69, 9.17) is 5.73 Å². The minimum absolute atomic E-state index is 0.0296. The fourth-order valence-electron chi connectivity index (χ4n) is 13.3. The zero-order valence-electron chi connectivity index (χ0n) is 108. The molecule has 1 aromatic heterocycles. The maximum Gasteiger partial charge on any atom is 0.225 e. The van der Waals surface area contributed by atoms with E-state index in [1.54, 1.807) is 6.92 Å². The number of amides is 2. The Morgan fingerprint density at radius 1 is 0.286 bits per heavy atom. The summed E-state index contributed by atoms with van der Waals surface area (Å²) in [6.07, 6.45) is 29.5. The van der Waals surface area contributed by atoms with Crippen molar-refractivity contribution in [2.75, 3.05) is 6.54 Å². The minimum atomic E-state index is -0.590. The number of nitrogens with one attached hydrogen (secondary N) is 2. The second-order valence-corrected chi connectivity index (χ2v) is 62.4. The van der Waals surface area contributed by atoms with E-state index in [9.17, 15) is 67.1 Å². The van der Waals surface area contributed by atoms with E-state index < -0.39 is 6.04 Å². The average Bonchev–Trinajstić information content (AvgIpc) is 1.71. The van der Waals surface area contributed by atoms with E-state index in [2.05, 4.69) is 249 Å². The van der Waals surface area contributed by atoms with Crippen LogP contribution in [0.1, 0.15) is 612 Å². The van der Waals surface area contributed by atoms with Crippen LogP contribution in [0.4, 0.5) is 0 Å². The van der Waals surface area contributed by atoms with Gasteiger partial charge in [0.05, 0.1) is 17.3 Å². The van der Waals surface area contributed by atoms with Gasteiger partial charge in [-0.15, -0.1) is 5.10 Å². The second-order valence-electron chi connectivity index (χ2n) is 62.4. The van der Waals surface area contributed by atoms with Crippen molar-refractivity contribution >= 4 is 81.2 Å². The van der Waals surface area contributed by atoms with E-state index in [0.29, 0.717) is 160 Å². The summed E-state index contributed by atoms with van der Waals surface area (Å²) in [5, 5.41) is 14.2. The van der Waals surface area contributed by atoms with Gasteiger partial charge in [-0.2, -0.15) is 0 Å². The maximum absolute atomic E-state index is 11.7. The van der Waals surface area contributed by atoms with E-state index in [-0.39, 0.29) is 134 Å². The van der Waals surface area contributed by atoms with E-state index in [1.165, 1.54) is 19.8 Å². The van der Waals surface area contributed by atoms with Gasteiger partial charge in [0.15, 0.2) is 0 Å². The number of carbonyl (C=O) groups is 14. The Labute approximate surface area is 909 Å². The van der Waals surface area contributed by atoms with Crippen LogP contribution in [0.25, 0.3) is 0 Å². The van der Waals surface area contributed by atoms with Crippen LogP contribution in [0.15, 0.2) is 6.20 Å². The summed E-state index contributed by atoms with van der Waals surface area (Å²) >= 11 is 0. The predicted octanol–water partition coefficient (Wildman–Crippen LogP) is 33.7. The van der Waals surface area contributed by atoms with Crippen LogP contribution in [0.5, 0.6) is 0 Å². The van der Waals surface area contributed by atoms with Gasteiger partial charge in [0, 0.05) is 167 Å². The lowest BCUT2D eigenvalue weighted by Gasteiger charge is -2.24. The second kappa shape index (κ2) is 71.9. The maximum atomic E-state index is 11.7. The lowest BCUT2D eigenvalue weighted by Crippen LogP contribution is -2.41. The predicted molar refractivity (Wildman–Crippen MR) is 627 cm³/mol. The summed E-state index contributed by atoms with van der Waals surface area (Å²) in [6.45, 7) is 116. The number of nitrogens with zero attached hydrogens (tertiary/aromatic N) is 3. The quantitative estimate of drug-likeness (QED) is 0.0512. The number of nitrogens with two attached hydrogens (primary N) is 1. The zero-order valence-corrected chi connectivity index (χ0v) is 108. The van der Waals surface area contributed by atoms with Crippen molar-refractivity contribution in [2.45, 2.75) is 630 Å². The van der Waals surface area contributed by atoms with Gasteiger partial charge in [0.1, 0.15) is 69.4 Å². The summed E-state index contributed by atoms with van der Waals surface area (Å²) in [4.78, 5) is 160. The SMILES string of the molecule is CC(C)(C)CC(=O)CCC(=O)C(C)(C)C.CC(C)(C)CC(=O)CCCC(=O)C(C)(C)C.CC(C)(C)CC(=O)CCCCC(=O)C(C)(C)C.CC(C)(C)CC(=O)CCCCCCC(=O)C(C)(C)C.CC(C)(C)CC(=O)CCCCCCCC(=O)CC(C)(C)C.CC(C)(C)CC(=O)NC(C)(C)C.CC(C)(C)CCC(C)(C)C.CC(C)(C)CCNC(=O)C(C)(C)C.CC(C)(C)Cc1cn(C(C)(C)C)nn1.CCC(=O)C[C@@H](N)C(C)=O. The largest absolute Gasteiger partial charge is 0.356 e. The Morgan fingerprint density at radius 3 is 0.762 bits per heavy atom. The van der Waals surface area contributed by atoms with Crippen molar-refractivity contribution < 1.29 is 67.1 Å². The molecule has 20 heteroatoms. The summed E-state index contributed by atoms with van der Waals surface area (Å²) < 4.78 is 1.92. The number of Topliss-reactive ketones (excluding diaryl/α,β-unsaturated/α-hetero) is 12. The summed E-state index contributed by atoms with van der Waals surface area (Å²) in [5.74, 6) is 3.19. The highest BCUT2D eigenvalue weighted by Gasteiger charge is 2.30. The number of ketones is 12. The van der Waals surface area contributed by atoms with Crippen LogP contribution < -0.4 is 16.4 Å². The van der Waals surface area contributed by atoms with Crippen molar-refractivity contribution in [1.82, 2.24) is 25.6 Å². The molecule has 0 spiro atoms. The number of hydrogen-bond acceptors (Lipinski definition) is 17. The van der Waals surface area contributed by atoms with E-state index >= 15 is 0 Å². The molecule has 2 amide bonds. The van der Waals surface area contributed by atoms with Crippen molar-refractivity contribution in [3.63, 3.8) is 0 Å². The molecule has 0 radical (unpaired) electrons. The van der Waals surface area contributed by atoms with Crippen molar-refractivity contribution in [1.29, 1.82) is 0 Å². The lowest BCUT2D eigenvalue weighted by molar-refractivity contribution is -0.129. The minimum Gasteiger partial charge on any atom is -0.356 e. The van der Waals surface area contributed by atoms with Crippen LogP contribution in [-0.4, -0.2) is 114 Å². The number of rotatable bonds is 42. The molecular formula is C127H246N6O14. The molecule has 0 saturated carbocycles. The van der Waals surface area contributed by atoms with E-state index in [1.807, 2.05) is 156 Å². The standard InChI is InChI=1S/C19H36O2.C17H32O2.C15H28O2.C14H26O2.C13H24O2.C11H21N3.C11H23NO.C10H21NO.C10H22.C7H13NO2/c1-18(2,3)14-16(20)12-10-8-7-9-11-13-17(21)15-19(4,5)6;1-16(2,3)13-14(18)11-9-7-8-10-12-15(19)17(4,5)6;1-14(2,3)11-12(16)9-7-8-10-13(17)15(4,5)6;1-13(2,3)10-11(15)8-7-9-12(16)14(4,5)6;1-12(2,3)9-10(14)7-8-11(15)13(4,5)6;1-10(2,3)7-9-8-14(13-12-9)11(4,5)6;1-10(2,3)7-8-12-9(13)11(4,5)6;1-9(2,3)7-8(12)11-10(4,5)6;1-9(2,3)7-8-10(4,5)6;1-3-6(10)4-7(8)5(2)9/h7-15H2,1-6H3;7-13H2,1-6H3;7-11H2,1-6H3;7-10H2,1-6H3;7-9H2,1-6H3;8H,7H2,1-6H3;7-8H2,1-6H3,(H,12,13);7H2,1-6H3,(H,11,12);7-8H2,1-6H3;7H,3-4,8H2,1-2H3/t;;;;;;;;;7-/m.........1/s1. The molecule has 1 rings (SSSR count). The number of aromatic nitrogens is 3. The molecule has 147 heavy (non-hydrogen) atoms. The molecule has 0 aliphatic rings. The first kappa shape index (κ1) is 159. The van der Waals surface area contributed by atoms with Crippen molar-refractivity contribution in [3.8, 4) is 0 Å². The first-order valence-electron chi connectivity index (χ1n) is 56.3. The highest BCUT2D eigenvalue weighted by Crippen LogP contribution is 2.33. The van der Waals surface area contributed by atoms with Gasteiger partial charge < -0.3 is 16.4 Å². The van der Waals surface area contributed by atoms with Gasteiger partial charge in [0.25, 0.3) is 0 Å². The average molecular weight is 2080 g/mol. The number of carbonyl (C=O) groups excluding carboxylic acids is 14. The molecule has 1 heterocycles. The molecule has 868 valence electrons. The smallest absolute Gasteiger partial charge is 0.225 e. The molecule has 20 nitrogen and oxygen atoms in total. The van der Waals surface area contributed by atoms with Gasteiger partial charge in [-0.1, -0.05) is 377 Å². The van der Waals surface area contributed by atoms with Gasteiger partial charge in [-0.3, -0.25) is 67.1 Å². The normalized spacial score (nSPS) is 12.8. The van der Waals surface area contributed by atoms with Gasteiger partial charge in [-0.05, 0) is 179 Å². The molecule has 0 unspecified atom stereocenters. The van der Waals surface area contributed by atoms with Gasteiger partial charge >= 0.3 is 0 Å². The highest BCUT2D eigenvalue weighted by molar-refractivity contribution is 5.90. The fourth-order valence-corrected chi connectivity index (χ4v) is 13.3. The van der Waals surface area contributed by atoms with Gasteiger partial charge in [0.2, 0.25) is 11.8 Å². The van der Waals surface area contributed by atoms with Crippen LogP contribution >= 0.6 is 0 Å². The first-order valence-corrected chi connectivity index (χ1v) is 56.3. The third-order valence-electron chi connectivity index (χ3n) is 21.8. The Kier molecular flexibility index (Phi) is 77.7. The Morgan fingerprint density at radius 2 is 0.531 bits per heavy atom. The molecule has 4 N–H and O–H groups in total. The monoisotopic (exact) mass is 2080 g/mol. The highest BCUT2D eigenvalue weighted by atomic mass is 16.2. The number of hydrogen-bond donors (Lipinski definition) is 3. The van der Waals surface area contributed by atoms with Crippen molar-refractivity contribution in [2.24, 2.45) is 92.4 Å². The summed E-state index contributed by atoms with van der Waals surface area (Å²) in [6, 6.07) is -0.590. The van der Waals surface area contributed by atoms with Crippen molar-refractivity contribution in [3.05, 3.63) is 11.9 Å². The Hall–Kier alpha value is -5.92. The number of unbranched alkanes of at least 4 members (excludes halogenated alkanes) is 8. The van der Waals surface area contributed by atoms with Crippen LogP contribution in [-0.2, 0) is 79.1 Å². The van der Waals surface area contributed by atoms with Crippen LogP contribution in [0.2, 0.25) is 0 Å². The molecule has 1 atom stereocenters. The Balaban J connectivity index is -0.000000207. The summed E-state index contributed by atoms with van der Waals surface area (Å²) in [7, 11) is 0. The molecule has 0 fully saturated rings. The van der Waals surface area contributed by atoms with Gasteiger partial charge in [-0.25, -0.2) is 4.68 Å². The molecular weight excluding hydrogens is 1830 g/mol. The molecule has 0 bridgehead atoms. The van der Waals surface area contributed by atoms with Crippen LogP contribution in [0, 0.1) is 86.6 Å². The third kappa shape index (κ3) is 127. The molecule has 0 aliphatic carbocycles.